The molecule has 190 valence electrons. The summed E-state index contributed by atoms with van der Waals surface area (Å²) in [6, 6.07) is 18.8. The lowest BCUT2D eigenvalue weighted by molar-refractivity contribution is -0.245. The molecule has 0 saturated carbocycles. The standard InChI is InChI=1S/C28H28N4O4S/c1-32-13-12-30-28(32)37-18-24-15-25(20-9-7-19(17-33)8-10-20)36-27(35-24)21-4-2-6-23(14-21)31-26(34)22-5-3-11-29-16-22/h2-14,16,24-25,27,33H,15,17-18H2,1H3,(H,31,34). The Morgan fingerprint density at radius 1 is 1.11 bits per heavy atom. The summed E-state index contributed by atoms with van der Waals surface area (Å²) in [7, 11) is 1.97. The van der Waals surface area contributed by atoms with Gasteiger partial charge in [-0.3, -0.25) is 9.78 Å². The molecule has 0 bridgehead atoms. The van der Waals surface area contributed by atoms with Gasteiger partial charge in [0.1, 0.15) is 0 Å². The smallest absolute Gasteiger partial charge is 0.257 e. The molecule has 1 aliphatic heterocycles. The van der Waals surface area contributed by atoms with E-state index < -0.39 is 6.29 Å². The zero-order valence-corrected chi connectivity index (χ0v) is 21.2. The van der Waals surface area contributed by atoms with Crippen molar-refractivity contribution >= 4 is 23.4 Å². The molecule has 8 nitrogen and oxygen atoms in total. The Bertz CT molecular complexity index is 1330. The van der Waals surface area contributed by atoms with Crippen LogP contribution in [-0.2, 0) is 23.1 Å². The van der Waals surface area contributed by atoms with Gasteiger partial charge in [-0.2, -0.15) is 0 Å². The number of pyridine rings is 1. The number of hydrogen-bond acceptors (Lipinski definition) is 7. The number of nitrogens with zero attached hydrogens (tertiary/aromatic N) is 3. The number of rotatable bonds is 8. The van der Waals surface area contributed by atoms with Crippen molar-refractivity contribution in [2.24, 2.45) is 7.05 Å². The SMILES string of the molecule is Cn1ccnc1SCC1CC(c2ccc(CO)cc2)OC(c2cccc(NC(=O)c3cccnc3)c2)O1. The highest BCUT2D eigenvalue weighted by atomic mass is 32.2. The molecule has 37 heavy (non-hydrogen) atoms. The van der Waals surface area contributed by atoms with Crippen molar-refractivity contribution in [2.45, 2.75) is 36.7 Å². The second-order valence-electron chi connectivity index (χ2n) is 8.80. The quantitative estimate of drug-likeness (QED) is 0.322. The molecule has 1 aliphatic rings. The highest BCUT2D eigenvalue weighted by Crippen LogP contribution is 2.39. The molecule has 3 heterocycles. The van der Waals surface area contributed by atoms with Gasteiger partial charge in [0.05, 0.1) is 24.4 Å². The number of benzene rings is 2. The Morgan fingerprint density at radius 3 is 2.70 bits per heavy atom. The van der Waals surface area contributed by atoms with Crippen LogP contribution in [0.25, 0.3) is 0 Å². The van der Waals surface area contributed by atoms with Crippen LogP contribution in [0, 0.1) is 0 Å². The van der Waals surface area contributed by atoms with Gasteiger partial charge in [-0.05, 0) is 35.4 Å². The number of anilines is 1. The highest BCUT2D eigenvalue weighted by Gasteiger charge is 2.32. The summed E-state index contributed by atoms with van der Waals surface area (Å²) in [5.74, 6) is 0.481. The number of aliphatic hydroxyl groups is 1. The van der Waals surface area contributed by atoms with Gasteiger partial charge in [0.2, 0.25) is 0 Å². The molecule has 9 heteroatoms. The zero-order valence-electron chi connectivity index (χ0n) is 20.4. The van der Waals surface area contributed by atoms with Gasteiger partial charge >= 0.3 is 0 Å². The molecule has 2 aromatic heterocycles. The fraction of sp³-hybridized carbons (Fsp3) is 0.250. The maximum atomic E-state index is 12.6. The Labute approximate surface area is 219 Å². The number of hydrogen-bond donors (Lipinski definition) is 2. The second-order valence-corrected chi connectivity index (χ2v) is 9.79. The van der Waals surface area contributed by atoms with Gasteiger partial charge in [-0.25, -0.2) is 4.98 Å². The molecule has 1 fully saturated rings. The molecule has 2 N–H and O–H groups in total. The number of thioether (sulfide) groups is 1. The average molecular weight is 517 g/mol. The van der Waals surface area contributed by atoms with E-state index in [-0.39, 0.29) is 24.7 Å². The topological polar surface area (TPSA) is 98.5 Å². The Morgan fingerprint density at radius 2 is 1.97 bits per heavy atom. The lowest BCUT2D eigenvalue weighted by atomic mass is 10.0. The minimum atomic E-state index is -0.613. The first-order chi connectivity index (χ1) is 18.1. The predicted octanol–water partition coefficient (Wildman–Crippen LogP) is 4.90. The summed E-state index contributed by atoms with van der Waals surface area (Å²) in [6.07, 6.45) is 6.67. The molecule has 3 unspecified atom stereocenters. The van der Waals surface area contributed by atoms with Crippen LogP contribution in [-0.4, -0.2) is 37.4 Å². The minimum absolute atomic E-state index is 0.00196. The van der Waals surface area contributed by atoms with Crippen LogP contribution >= 0.6 is 11.8 Å². The number of aromatic nitrogens is 3. The molecule has 0 aliphatic carbocycles. The molecule has 0 spiro atoms. The fourth-order valence-corrected chi connectivity index (χ4v) is 5.09. The van der Waals surface area contributed by atoms with Crippen molar-refractivity contribution in [3.8, 4) is 0 Å². The maximum Gasteiger partial charge on any atom is 0.257 e. The van der Waals surface area contributed by atoms with E-state index in [4.69, 9.17) is 9.47 Å². The lowest BCUT2D eigenvalue weighted by Crippen LogP contribution is -2.31. The molecule has 0 radical (unpaired) electrons. The average Bonchev–Trinajstić information content (AvgIpc) is 3.37. The third-order valence-electron chi connectivity index (χ3n) is 6.13. The van der Waals surface area contributed by atoms with Crippen molar-refractivity contribution in [1.29, 1.82) is 0 Å². The number of aryl methyl sites for hydroxylation is 1. The number of amides is 1. The van der Waals surface area contributed by atoms with Crippen LogP contribution < -0.4 is 5.32 Å². The Hall–Kier alpha value is -3.50. The van der Waals surface area contributed by atoms with E-state index in [1.807, 2.05) is 66.3 Å². The van der Waals surface area contributed by atoms with Crippen LogP contribution in [0.4, 0.5) is 5.69 Å². The number of imidazole rings is 1. The van der Waals surface area contributed by atoms with Crippen molar-refractivity contribution in [3.05, 3.63) is 108 Å². The van der Waals surface area contributed by atoms with Crippen LogP contribution in [0.15, 0.2) is 90.6 Å². The van der Waals surface area contributed by atoms with E-state index >= 15 is 0 Å². The van der Waals surface area contributed by atoms with Gasteiger partial charge < -0.3 is 24.5 Å². The molecular weight excluding hydrogens is 488 g/mol. The van der Waals surface area contributed by atoms with E-state index in [1.54, 1.807) is 36.3 Å². The van der Waals surface area contributed by atoms with Gasteiger partial charge in [0.25, 0.3) is 5.91 Å². The first-order valence-electron chi connectivity index (χ1n) is 12.0. The number of nitrogens with one attached hydrogen (secondary N) is 1. The van der Waals surface area contributed by atoms with E-state index in [0.717, 1.165) is 21.8 Å². The van der Waals surface area contributed by atoms with Crippen molar-refractivity contribution < 1.29 is 19.4 Å². The largest absolute Gasteiger partial charge is 0.392 e. The number of ether oxygens (including phenoxy) is 2. The maximum absolute atomic E-state index is 12.6. The van der Waals surface area contributed by atoms with Crippen LogP contribution in [0.5, 0.6) is 0 Å². The molecule has 3 atom stereocenters. The second kappa shape index (κ2) is 11.7. The normalized spacial score (nSPS) is 19.5. The van der Waals surface area contributed by atoms with Crippen molar-refractivity contribution in [3.63, 3.8) is 0 Å². The van der Waals surface area contributed by atoms with E-state index in [1.165, 1.54) is 6.20 Å². The van der Waals surface area contributed by atoms with E-state index in [2.05, 4.69) is 15.3 Å². The first-order valence-corrected chi connectivity index (χ1v) is 13.0. The van der Waals surface area contributed by atoms with Crippen molar-refractivity contribution in [2.75, 3.05) is 11.1 Å². The minimum Gasteiger partial charge on any atom is -0.392 e. The van der Waals surface area contributed by atoms with Crippen LogP contribution in [0.1, 0.15) is 45.9 Å². The lowest BCUT2D eigenvalue weighted by Gasteiger charge is -2.36. The number of aliphatic hydroxyl groups excluding tert-OH is 1. The fourth-order valence-electron chi connectivity index (χ4n) is 4.14. The number of carbonyl (C=O) groups excluding carboxylic acids is 1. The van der Waals surface area contributed by atoms with E-state index in [9.17, 15) is 9.90 Å². The molecule has 5 rings (SSSR count). The Kier molecular flexibility index (Phi) is 7.96. The summed E-state index contributed by atoms with van der Waals surface area (Å²) in [6.45, 7) is -0.00196. The molecular formula is C28H28N4O4S. The molecule has 1 saturated heterocycles. The van der Waals surface area contributed by atoms with Gasteiger partial charge in [0.15, 0.2) is 11.4 Å². The first kappa shape index (κ1) is 25.2. The molecule has 4 aromatic rings. The van der Waals surface area contributed by atoms with Gasteiger partial charge in [-0.15, -0.1) is 0 Å². The summed E-state index contributed by atoms with van der Waals surface area (Å²) in [4.78, 5) is 21.0. The summed E-state index contributed by atoms with van der Waals surface area (Å²) in [5.41, 5.74) is 3.82. The highest BCUT2D eigenvalue weighted by molar-refractivity contribution is 7.99. The predicted molar refractivity (Wildman–Crippen MR) is 141 cm³/mol. The summed E-state index contributed by atoms with van der Waals surface area (Å²) >= 11 is 1.65. The van der Waals surface area contributed by atoms with Crippen LogP contribution in [0.3, 0.4) is 0 Å². The molecule has 1 amide bonds. The number of carbonyl (C=O) groups is 1. The monoisotopic (exact) mass is 516 g/mol. The van der Waals surface area contributed by atoms with Gasteiger partial charge in [0, 0.05) is 55.3 Å². The van der Waals surface area contributed by atoms with Crippen molar-refractivity contribution in [1.82, 2.24) is 14.5 Å². The summed E-state index contributed by atoms with van der Waals surface area (Å²) in [5, 5.41) is 13.3. The Balaban J connectivity index is 1.35. The third kappa shape index (κ3) is 6.26. The molecule has 2 aromatic carbocycles. The zero-order chi connectivity index (χ0) is 25.6. The van der Waals surface area contributed by atoms with E-state index in [0.29, 0.717) is 23.4 Å². The van der Waals surface area contributed by atoms with Crippen LogP contribution in [0.2, 0.25) is 0 Å². The third-order valence-corrected chi connectivity index (χ3v) is 7.32. The summed E-state index contributed by atoms with van der Waals surface area (Å²) < 4.78 is 14.8. The van der Waals surface area contributed by atoms with Gasteiger partial charge in [-0.1, -0.05) is 48.2 Å².